The fraction of sp³-hybridized carbons (Fsp3) is 0.619. The van der Waals surface area contributed by atoms with Gasteiger partial charge in [0.15, 0.2) is 11.5 Å². The first kappa shape index (κ1) is 17.3. The Morgan fingerprint density at radius 2 is 1.88 bits per heavy atom. The van der Waals surface area contributed by atoms with Gasteiger partial charge in [-0.2, -0.15) is 0 Å². The Hall–Kier alpha value is -1.48. The van der Waals surface area contributed by atoms with Crippen LogP contribution in [0.2, 0.25) is 0 Å². The summed E-state index contributed by atoms with van der Waals surface area (Å²) >= 11 is 0. The fourth-order valence-corrected chi connectivity index (χ4v) is 4.33. The highest BCUT2D eigenvalue weighted by molar-refractivity contribution is 5.45. The zero-order valence-electron chi connectivity index (χ0n) is 15.4. The zero-order chi connectivity index (χ0) is 17.2. The smallest absolute Gasteiger partial charge is 0.231 e. The number of ether oxygens (including phenoxy) is 3. The second kappa shape index (κ2) is 6.79. The average molecular weight is 330 g/mol. The molecule has 1 fully saturated rings. The van der Waals surface area contributed by atoms with Gasteiger partial charge in [-0.3, -0.25) is 0 Å². The summed E-state index contributed by atoms with van der Waals surface area (Å²) in [6, 6.07) is 6.39. The number of allylic oxidation sites excluding steroid dienone is 2. The van der Waals surface area contributed by atoms with Crippen molar-refractivity contribution >= 4 is 0 Å². The highest BCUT2D eigenvalue weighted by atomic mass is 16.7. The van der Waals surface area contributed by atoms with Gasteiger partial charge in [0.25, 0.3) is 0 Å². The van der Waals surface area contributed by atoms with Crippen LogP contribution in [-0.2, 0) is 11.2 Å². The van der Waals surface area contributed by atoms with Crippen molar-refractivity contribution in [2.24, 2.45) is 16.7 Å². The van der Waals surface area contributed by atoms with E-state index in [0.717, 1.165) is 37.1 Å². The molecule has 0 saturated heterocycles. The Morgan fingerprint density at radius 3 is 2.50 bits per heavy atom. The van der Waals surface area contributed by atoms with E-state index < -0.39 is 0 Å². The molecule has 2 bridgehead atoms. The van der Waals surface area contributed by atoms with E-state index in [9.17, 15) is 0 Å². The zero-order valence-corrected chi connectivity index (χ0v) is 15.4. The van der Waals surface area contributed by atoms with E-state index in [1.807, 2.05) is 19.9 Å². The third-order valence-corrected chi connectivity index (χ3v) is 6.14. The summed E-state index contributed by atoms with van der Waals surface area (Å²) in [6.45, 7) is 10.9. The largest absolute Gasteiger partial charge is 0.454 e. The van der Waals surface area contributed by atoms with Crippen LogP contribution in [0.15, 0.2) is 30.4 Å². The van der Waals surface area contributed by atoms with Crippen LogP contribution in [0.3, 0.4) is 0 Å². The van der Waals surface area contributed by atoms with Gasteiger partial charge in [0.2, 0.25) is 6.79 Å². The minimum absolute atomic E-state index is 0.351. The third-order valence-electron chi connectivity index (χ3n) is 6.14. The van der Waals surface area contributed by atoms with Gasteiger partial charge in [-0.05, 0) is 67.6 Å². The topological polar surface area (TPSA) is 27.7 Å². The van der Waals surface area contributed by atoms with Gasteiger partial charge >= 0.3 is 0 Å². The summed E-state index contributed by atoms with van der Waals surface area (Å²) in [7, 11) is 0. The van der Waals surface area contributed by atoms with Crippen LogP contribution in [0.5, 0.6) is 11.5 Å². The molecule has 2 unspecified atom stereocenters. The lowest BCUT2D eigenvalue weighted by Gasteiger charge is -2.63. The van der Waals surface area contributed by atoms with E-state index in [1.165, 1.54) is 18.4 Å². The molecule has 1 aliphatic heterocycles. The minimum atomic E-state index is 0.351. The molecule has 3 nitrogen and oxygen atoms in total. The molecule has 4 aliphatic rings. The molecule has 24 heavy (non-hydrogen) atoms. The first-order valence-corrected chi connectivity index (χ1v) is 9.16. The molecule has 0 radical (unpaired) electrons. The van der Waals surface area contributed by atoms with E-state index in [4.69, 9.17) is 14.2 Å². The molecule has 1 saturated carbocycles. The summed E-state index contributed by atoms with van der Waals surface area (Å²) in [5, 5.41) is 0. The SMILES string of the molecule is CC1(C)C2CC=CC1(Cc1ccc3c(c1)OCO3)C2.CCOCC. The van der Waals surface area contributed by atoms with Crippen LogP contribution < -0.4 is 9.47 Å². The maximum atomic E-state index is 5.49. The quantitative estimate of drug-likeness (QED) is 0.728. The summed E-state index contributed by atoms with van der Waals surface area (Å²) in [5.41, 5.74) is 2.14. The molecule has 0 amide bonds. The van der Waals surface area contributed by atoms with Crippen molar-refractivity contribution in [3.8, 4) is 11.5 Å². The highest BCUT2D eigenvalue weighted by Gasteiger charge is 2.58. The molecule has 5 rings (SSSR count). The lowest BCUT2D eigenvalue weighted by Crippen LogP contribution is -2.56. The lowest BCUT2D eigenvalue weighted by molar-refractivity contribution is -0.0920. The third kappa shape index (κ3) is 2.95. The first-order chi connectivity index (χ1) is 11.5. The highest BCUT2D eigenvalue weighted by Crippen LogP contribution is 2.66. The van der Waals surface area contributed by atoms with Crippen molar-refractivity contribution in [2.75, 3.05) is 20.0 Å². The predicted molar refractivity (Wildman–Crippen MR) is 96.5 cm³/mol. The van der Waals surface area contributed by atoms with Crippen molar-refractivity contribution in [2.45, 2.75) is 47.0 Å². The van der Waals surface area contributed by atoms with Crippen LogP contribution in [-0.4, -0.2) is 20.0 Å². The normalized spacial score (nSPS) is 27.9. The molecule has 1 aromatic carbocycles. The summed E-state index contributed by atoms with van der Waals surface area (Å²) in [5.74, 6) is 2.65. The van der Waals surface area contributed by atoms with Gasteiger partial charge in [-0.25, -0.2) is 0 Å². The number of benzene rings is 1. The molecular formula is C21H30O3. The van der Waals surface area contributed by atoms with Gasteiger partial charge in [-0.1, -0.05) is 32.1 Å². The van der Waals surface area contributed by atoms with Crippen molar-refractivity contribution in [1.29, 1.82) is 0 Å². The van der Waals surface area contributed by atoms with Crippen LogP contribution in [0.1, 0.15) is 46.1 Å². The molecular weight excluding hydrogens is 300 g/mol. The Morgan fingerprint density at radius 1 is 1.12 bits per heavy atom. The maximum absolute atomic E-state index is 5.49. The predicted octanol–water partition coefficient (Wildman–Crippen LogP) is 4.99. The molecule has 2 atom stereocenters. The van der Waals surface area contributed by atoms with Crippen LogP contribution in [0, 0.1) is 16.7 Å². The lowest BCUT2D eigenvalue weighted by atomic mass is 9.41. The Balaban J connectivity index is 0.000000300. The number of fused-ring (bicyclic) bond motifs is 2. The summed E-state index contributed by atoms with van der Waals surface area (Å²) < 4.78 is 15.7. The van der Waals surface area contributed by atoms with Crippen molar-refractivity contribution in [1.82, 2.24) is 0 Å². The fourth-order valence-electron chi connectivity index (χ4n) is 4.33. The second-order valence-corrected chi connectivity index (χ2v) is 7.56. The van der Waals surface area contributed by atoms with Gasteiger partial charge in [0.1, 0.15) is 0 Å². The summed E-state index contributed by atoms with van der Waals surface area (Å²) in [4.78, 5) is 0. The summed E-state index contributed by atoms with van der Waals surface area (Å²) in [6.07, 6.45) is 8.56. The minimum Gasteiger partial charge on any atom is -0.454 e. The van der Waals surface area contributed by atoms with Gasteiger partial charge in [0.05, 0.1) is 0 Å². The molecule has 1 aromatic rings. The van der Waals surface area contributed by atoms with E-state index in [1.54, 1.807) is 0 Å². The van der Waals surface area contributed by atoms with Crippen LogP contribution in [0.25, 0.3) is 0 Å². The molecule has 132 valence electrons. The van der Waals surface area contributed by atoms with Crippen LogP contribution in [0.4, 0.5) is 0 Å². The number of hydrogen-bond donors (Lipinski definition) is 0. The standard InChI is InChI=1S/C17H20O2.C4H10O/c1-16(2)13-4-3-7-17(16,10-13)9-12-5-6-14-15(8-12)19-11-18-14;1-3-5-4-2/h3,5-8,13H,4,9-11H2,1-2H3;3-4H2,1-2H3. The Bertz CT molecular complexity index is 603. The van der Waals surface area contributed by atoms with Crippen LogP contribution >= 0.6 is 0 Å². The Kier molecular flexibility index (Phi) is 4.91. The molecule has 3 heteroatoms. The second-order valence-electron chi connectivity index (χ2n) is 7.56. The monoisotopic (exact) mass is 330 g/mol. The van der Waals surface area contributed by atoms with Gasteiger partial charge in [0, 0.05) is 13.2 Å². The average Bonchev–Trinajstić information content (AvgIpc) is 3.04. The van der Waals surface area contributed by atoms with Gasteiger partial charge in [-0.15, -0.1) is 0 Å². The molecule has 3 aliphatic carbocycles. The van der Waals surface area contributed by atoms with Crippen molar-refractivity contribution < 1.29 is 14.2 Å². The Labute approximate surface area is 146 Å². The van der Waals surface area contributed by atoms with Crippen molar-refractivity contribution in [3.05, 3.63) is 35.9 Å². The maximum Gasteiger partial charge on any atom is 0.231 e. The molecule has 0 aromatic heterocycles. The van der Waals surface area contributed by atoms with Crippen molar-refractivity contribution in [3.63, 3.8) is 0 Å². The number of rotatable bonds is 4. The van der Waals surface area contributed by atoms with E-state index >= 15 is 0 Å². The first-order valence-electron chi connectivity index (χ1n) is 9.16. The van der Waals surface area contributed by atoms with E-state index in [2.05, 4.69) is 38.1 Å². The van der Waals surface area contributed by atoms with Gasteiger partial charge < -0.3 is 14.2 Å². The number of hydrogen-bond acceptors (Lipinski definition) is 3. The van der Waals surface area contributed by atoms with E-state index in [0.29, 0.717) is 17.6 Å². The molecule has 0 spiro atoms. The molecule has 1 heterocycles. The van der Waals surface area contributed by atoms with E-state index in [-0.39, 0.29) is 0 Å². The molecule has 0 N–H and O–H groups in total.